The van der Waals surface area contributed by atoms with Crippen LogP contribution in [0.5, 0.6) is 0 Å². The second kappa shape index (κ2) is 6.64. The summed E-state index contributed by atoms with van der Waals surface area (Å²) < 4.78 is 0. The zero-order valence-corrected chi connectivity index (χ0v) is 13.8. The number of nitrogens with zero attached hydrogens (tertiary/aromatic N) is 1. The average Bonchev–Trinajstić information content (AvgIpc) is 2.93. The Morgan fingerprint density at radius 3 is 2.68 bits per heavy atom. The largest absolute Gasteiger partial charge is 0.310 e. The molecule has 0 fully saturated rings. The van der Waals surface area contributed by atoms with Gasteiger partial charge in [-0.05, 0) is 24.3 Å². The van der Waals surface area contributed by atoms with Crippen LogP contribution in [0.25, 0.3) is 10.6 Å². The lowest BCUT2D eigenvalue weighted by Gasteiger charge is -2.07. The summed E-state index contributed by atoms with van der Waals surface area (Å²) in [5.74, 6) is 0. The Labute approximate surface area is 123 Å². The van der Waals surface area contributed by atoms with Crippen LogP contribution < -0.4 is 5.32 Å². The van der Waals surface area contributed by atoms with Gasteiger partial charge < -0.3 is 5.32 Å². The van der Waals surface area contributed by atoms with E-state index in [0.29, 0.717) is 6.04 Å². The highest BCUT2D eigenvalue weighted by atomic mass is 32.1. The molecule has 104 valence electrons. The van der Waals surface area contributed by atoms with Crippen molar-refractivity contribution >= 4 is 22.7 Å². The summed E-state index contributed by atoms with van der Waals surface area (Å²) in [4.78, 5) is 6.27. The number of hydrogen-bond acceptors (Lipinski definition) is 4. The van der Waals surface area contributed by atoms with Crippen molar-refractivity contribution in [2.24, 2.45) is 0 Å². The summed E-state index contributed by atoms with van der Waals surface area (Å²) in [5, 5.41) is 9.10. The first-order valence-corrected chi connectivity index (χ1v) is 8.62. The van der Waals surface area contributed by atoms with E-state index < -0.39 is 0 Å². The summed E-state index contributed by atoms with van der Waals surface area (Å²) in [5.41, 5.74) is 3.93. The van der Waals surface area contributed by atoms with E-state index in [9.17, 15) is 0 Å². The third-order valence-corrected chi connectivity index (χ3v) is 5.01. The predicted molar refractivity (Wildman–Crippen MR) is 86.1 cm³/mol. The van der Waals surface area contributed by atoms with E-state index in [0.717, 1.165) is 19.4 Å². The maximum absolute atomic E-state index is 4.87. The van der Waals surface area contributed by atoms with Crippen LogP contribution in [-0.4, -0.2) is 11.0 Å². The lowest BCUT2D eigenvalue weighted by molar-refractivity contribution is 0.589. The normalized spacial score (nSPS) is 11.4. The van der Waals surface area contributed by atoms with Gasteiger partial charge in [0.1, 0.15) is 5.01 Å². The molecule has 2 aromatic heterocycles. The average molecular weight is 294 g/mol. The number of hydrogen-bond donors (Lipinski definition) is 1. The Morgan fingerprint density at radius 2 is 2.11 bits per heavy atom. The van der Waals surface area contributed by atoms with Crippen LogP contribution in [0.2, 0.25) is 0 Å². The molecular formula is C15H22N2S2. The monoisotopic (exact) mass is 294 g/mol. The molecule has 0 unspecified atom stereocenters. The second-order valence-corrected chi connectivity index (χ2v) is 6.97. The van der Waals surface area contributed by atoms with Crippen molar-refractivity contribution in [2.45, 2.75) is 53.1 Å². The van der Waals surface area contributed by atoms with Gasteiger partial charge in [-0.3, -0.25) is 0 Å². The standard InChI is InChI=1S/C15H22N2S2/c1-5-6-13-14(7-16-10(2)3)19-15(17-13)12-9-18-8-11(12)4/h8-10,16H,5-7H2,1-4H3. The molecule has 0 aromatic carbocycles. The van der Waals surface area contributed by atoms with Crippen molar-refractivity contribution < 1.29 is 0 Å². The highest BCUT2D eigenvalue weighted by molar-refractivity contribution is 7.15. The summed E-state index contributed by atoms with van der Waals surface area (Å²) >= 11 is 3.61. The number of aryl methyl sites for hydroxylation is 2. The Hall–Kier alpha value is -0.710. The molecule has 0 aliphatic heterocycles. The maximum Gasteiger partial charge on any atom is 0.125 e. The number of rotatable bonds is 6. The minimum Gasteiger partial charge on any atom is -0.310 e. The number of thiophene rings is 1. The highest BCUT2D eigenvalue weighted by Gasteiger charge is 2.14. The van der Waals surface area contributed by atoms with Gasteiger partial charge in [0.05, 0.1) is 5.69 Å². The summed E-state index contributed by atoms with van der Waals surface area (Å²) in [6.07, 6.45) is 2.23. The molecule has 4 heteroatoms. The number of thiazole rings is 1. The van der Waals surface area contributed by atoms with E-state index in [1.807, 2.05) is 11.3 Å². The van der Waals surface area contributed by atoms with Crippen molar-refractivity contribution in [2.75, 3.05) is 0 Å². The highest BCUT2D eigenvalue weighted by Crippen LogP contribution is 2.32. The van der Waals surface area contributed by atoms with Crippen LogP contribution in [0.1, 0.15) is 43.3 Å². The predicted octanol–water partition coefficient (Wildman–Crippen LogP) is 4.63. The van der Waals surface area contributed by atoms with Crippen LogP contribution in [0.4, 0.5) is 0 Å². The fourth-order valence-corrected chi connectivity index (χ4v) is 3.99. The van der Waals surface area contributed by atoms with Gasteiger partial charge in [-0.25, -0.2) is 4.98 Å². The molecule has 0 aliphatic carbocycles. The van der Waals surface area contributed by atoms with Gasteiger partial charge in [-0.2, -0.15) is 11.3 Å². The van der Waals surface area contributed by atoms with Gasteiger partial charge in [0.25, 0.3) is 0 Å². The van der Waals surface area contributed by atoms with Gasteiger partial charge in [0.2, 0.25) is 0 Å². The molecule has 0 aliphatic rings. The van der Waals surface area contributed by atoms with E-state index in [2.05, 4.69) is 43.8 Å². The van der Waals surface area contributed by atoms with Gasteiger partial charge in [0, 0.05) is 28.4 Å². The Balaban J connectivity index is 2.26. The Kier molecular flexibility index (Phi) is 5.13. The summed E-state index contributed by atoms with van der Waals surface area (Å²) in [6, 6.07) is 0.517. The van der Waals surface area contributed by atoms with Crippen molar-refractivity contribution in [1.29, 1.82) is 0 Å². The van der Waals surface area contributed by atoms with E-state index in [1.165, 1.54) is 26.7 Å². The fourth-order valence-electron chi connectivity index (χ4n) is 1.95. The second-order valence-electron chi connectivity index (χ2n) is 5.14. The number of nitrogens with one attached hydrogen (secondary N) is 1. The lowest BCUT2D eigenvalue weighted by atomic mass is 10.2. The molecule has 19 heavy (non-hydrogen) atoms. The molecule has 2 aromatic rings. The lowest BCUT2D eigenvalue weighted by Crippen LogP contribution is -2.21. The summed E-state index contributed by atoms with van der Waals surface area (Å²) in [6.45, 7) is 9.69. The van der Waals surface area contributed by atoms with Crippen LogP contribution in [0, 0.1) is 6.92 Å². The Morgan fingerprint density at radius 1 is 1.32 bits per heavy atom. The van der Waals surface area contributed by atoms with E-state index >= 15 is 0 Å². The molecule has 0 radical (unpaired) electrons. The van der Waals surface area contributed by atoms with Gasteiger partial charge in [0.15, 0.2) is 0 Å². The van der Waals surface area contributed by atoms with Gasteiger partial charge >= 0.3 is 0 Å². The first-order valence-electron chi connectivity index (χ1n) is 6.87. The Bertz CT molecular complexity index is 526. The molecule has 0 amide bonds. The topological polar surface area (TPSA) is 24.9 Å². The van der Waals surface area contributed by atoms with Crippen molar-refractivity contribution in [3.05, 3.63) is 26.9 Å². The first kappa shape index (κ1) is 14.7. The minimum absolute atomic E-state index is 0.517. The van der Waals surface area contributed by atoms with E-state index in [-0.39, 0.29) is 0 Å². The van der Waals surface area contributed by atoms with Crippen LogP contribution in [0.3, 0.4) is 0 Å². The minimum atomic E-state index is 0.517. The molecule has 2 heterocycles. The number of aromatic nitrogens is 1. The molecular weight excluding hydrogens is 272 g/mol. The SMILES string of the molecule is CCCc1nc(-c2cscc2C)sc1CNC(C)C. The molecule has 2 rings (SSSR count). The van der Waals surface area contributed by atoms with Crippen molar-refractivity contribution in [3.63, 3.8) is 0 Å². The van der Waals surface area contributed by atoms with Crippen molar-refractivity contribution in [1.82, 2.24) is 10.3 Å². The van der Waals surface area contributed by atoms with Gasteiger partial charge in [-0.15, -0.1) is 11.3 Å². The fraction of sp³-hybridized carbons (Fsp3) is 0.533. The molecule has 0 spiro atoms. The van der Waals surface area contributed by atoms with Crippen LogP contribution in [0.15, 0.2) is 10.8 Å². The molecule has 0 atom stereocenters. The quantitative estimate of drug-likeness (QED) is 0.840. The first-order chi connectivity index (χ1) is 9.11. The van der Waals surface area contributed by atoms with E-state index in [4.69, 9.17) is 4.98 Å². The third kappa shape index (κ3) is 3.65. The zero-order chi connectivity index (χ0) is 13.8. The van der Waals surface area contributed by atoms with Crippen LogP contribution >= 0.6 is 22.7 Å². The summed E-state index contributed by atoms with van der Waals surface area (Å²) in [7, 11) is 0. The molecule has 0 saturated heterocycles. The molecule has 0 bridgehead atoms. The van der Waals surface area contributed by atoms with E-state index in [1.54, 1.807) is 11.3 Å². The van der Waals surface area contributed by atoms with Crippen molar-refractivity contribution in [3.8, 4) is 10.6 Å². The zero-order valence-electron chi connectivity index (χ0n) is 12.1. The third-order valence-electron chi connectivity index (χ3n) is 3.02. The van der Waals surface area contributed by atoms with Crippen LogP contribution in [-0.2, 0) is 13.0 Å². The molecule has 1 N–H and O–H groups in total. The van der Waals surface area contributed by atoms with Gasteiger partial charge in [-0.1, -0.05) is 27.2 Å². The molecule has 2 nitrogen and oxygen atoms in total. The maximum atomic E-state index is 4.87. The smallest absolute Gasteiger partial charge is 0.125 e. The molecule has 0 saturated carbocycles.